The molecule has 4 rings (SSSR count). The number of rotatable bonds is 13. The Labute approximate surface area is 237 Å². The van der Waals surface area contributed by atoms with Crippen LogP contribution in [0.1, 0.15) is 24.3 Å². The van der Waals surface area contributed by atoms with Crippen molar-refractivity contribution in [1.82, 2.24) is 19.6 Å². The quantitative estimate of drug-likeness (QED) is 0.212. The number of carbonyl (C=O) groups excluding carboxylic acids is 1. The van der Waals surface area contributed by atoms with E-state index in [0.29, 0.717) is 11.1 Å². The lowest BCUT2D eigenvalue weighted by atomic mass is 10.0. The smallest absolute Gasteiger partial charge is 0.407 e. The number of nitrogens with one attached hydrogen (secondary N) is 2. The summed E-state index contributed by atoms with van der Waals surface area (Å²) in [7, 11) is -2.45. The predicted octanol–water partition coefficient (Wildman–Crippen LogP) is 3.87. The third-order valence-electron chi connectivity index (χ3n) is 6.11. The van der Waals surface area contributed by atoms with E-state index >= 15 is 0 Å². The summed E-state index contributed by atoms with van der Waals surface area (Å²) in [6, 6.07) is 13.2. The average Bonchev–Trinajstić information content (AvgIpc) is 3.62. The van der Waals surface area contributed by atoms with E-state index in [1.165, 1.54) is 27.8 Å². The fraction of sp³-hybridized carbons (Fsp3) is 0.370. The molecule has 2 aromatic carbocycles. The highest BCUT2D eigenvalue weighted by molar-refractivity contribution is 7.89. The summed E-state index contributed by atoms with van der Waals surface area (Å²) < 4.78 is 40.4. The van der Waals surface area contributed by atoms with Crippen LogP contribution in [0.15, 0.2) is 69.6 Å². The van der Waals surface area contributed by atoms with Gasteiger partial charge in [0.05, 0.1) is 27.4 Å². The minimum Gasteiger partial charge on any atom is -0.444 e. The van der Waals surface area contributed by atoms with Crippen LogP contribution in [-0.4, -0.2) is 66.2 Å². The Morgan fingerprint density at radius 1 is 1.20 bits per heavy atom. The van der Waals surface area contributed by atoms with Crippen LogP contribution < -0.4 is 10.6 Å². The molecule has 2 heterocycles. The summed E-state index contributed by atoms with van der Waals surface area (Å²) in [5, 5.41) is 16.7. The molecule has 2 aromatic heterocycles. The van der Waals surface area contributed by atoms with Crippen molar-refractivity contribution in [2.45, 2.75) is 43.9 Å². The molecule has 0 fully saturated rings. The monoisotopic (exact) mass is 587 g/mol. The number of amides is 1. The largest absolute Gasteiger partial charge is 0.444 e. The number of nitrogens with zero attached hydrogens (tertiary/aromatic N) is 3. The molecule has 0 aliphatic carbocycles. The maximum atomic E-state index is 14.1. The van der Waals surface area contributed by atoms with Gasteiger partial charge in [-0.05, 0) is 30.0 Å². The number of hydrogen-bond donors (Lipinski definition) is 3. The van der Waals surface area contributed by atoms with Crippen molar-refractivity contribution in [3.8, 4) is 0 Å². The summed E-state index contributed by atoms with van der Waals surface area (Å²) in [5.41, 5.74) is 3.31. The van der Waals surface area contributed by atoms with Crippen LogP contribution in [0.2, 0.25) is 0 Å². The first-order valence-corrected chi connectivity index (χ1v) is 15.1. The fourth-order valence-electron chi connectivity index (χ4n) is 4.19. The Morgan fingerprint density at radius 3 is 2.65 bits per heavy atom. The van der Waals surface area contributed by atoms with Crippen LogP contribution in [0.4, 0.5) is 10.8 Å². The Balaban J connectivity index is 1.61. The van der Waals surface area contributed by atoms with Gasteiger partial charge in [-0.1, -0.05) is 44.2 Å². The first-order chi connectivity index (χ1) is 19.2. The molecule has 0 bridgehead atoms. The molecule has 0 radical (unpaired) electrons. The Kier molecular flexibility index (Phi) is 9.74. The highest BCUT2D eigenvalue weighted by Gasteiger charge is 2.37. The molecule has 0 saturated carbocycles. The summed E-state index contributed by atoms with van der Waals surface area (Å²) >= 11 is 1.36. The van der Waals surface area contributed by atoms with Gasteiger partial charge in [-0.3, -0.25) is 4.98 Å². The summed E-state index contributed by atoms with van der Waals surface area (Å²) in [6.45, 7) is 3.79. The number of fused-ring (bicyclic) bond motifs is 1. The molecule has 0 aliphatic rings. The molecule has 0 spiro atoms. The van der Waals surface area contributed by atoms with Crippen LogP contribution in [0.3, 0.4) is 0 Å². The zero-order valence-electron chi connectivity index (χ0n) is 22.5. The van der Waals surface area contributed by atoms with Gasteiger partial charge in [0.25, 0.3) is 6.01 Å². The van der Waals surface area contributed by atoms with E-state index in [9.17, 15) is 18.3 Å². The number of benzene rings is 2. The number of alkyl carbamates (subject to hydrolysis) is 1. The van der Waals surface area contributed by atoms with E-state index in [0.717, 1.165) is 10.4 Å². The standard InChI is InChI=1S/C27H33N5O6S2/c1-18(2)15-32(40(35,36)21-9-10-22-25(12-21)38-26(28-3)31-22)23(11-19-7-5-4-6-8-19)24(33)14-30-27(34)37-16-20-13-29-17-39-20/h4-10,12-13,17-18,23-24,33H,11,14-16H2,1-3H3,(H,28,31)(H,30,34). The van der Waals surface area contributed by atoms with Gasteiger partial charge in [-0.15, -0.1) is 11.3 Å². The van der Waals surface area contributed by atoms with Crippen molar-refractivity contribution in [2.24, 2.45) is 5.92 Å². The first kappa shape index (κ1) is 29.5. The van der Waals surface area contributed by atoms with E-state index in [1.54, 1.807) is 24.8 Å². The van der Waals surface area contributed by atoms with Crippen LogP contribution in [-0.2, 0) is 27.8 Å². The second-order valence-corrected chi connectivity index (χ2v) is 12.5. The van der Waals surface area contributed by atoms with Gasteiger partial charge in [0.1, 0.15) is 12.1 Å². The Morgan fingerprint density at radius 2 is 1.98 bits per heavy atom. The van der Waals surface area contributed by atoms with Crippen molar-refractivity contribution in [3.63, 3.8) is 0 Å². The Bertz CT molecular complexity index is 1490. The molecule has 3 N–H and O–H groups in total. The number of aliphatic hydroxyl groups is 1. The number of aliphatic hydroxyl groups excluding tert-OH is 1. The molecule has 11 nitrogen and oxygen atoms in total. The number of oxazole rings is 1. The normalized spacial score (nSPS) is 13.4. The van der Waals surface area contributed by atoms with E-state index < -0.39 is 28.3 Å². The van der Waals surface area contributed by atoms with E-state index in [1.807, 2.05) is 44.2 Å². The van der Waals surface area contributed by atoms with Gasteiger partial charge >= 0.3 is 6.09 Å². The fourth-order valence-corrected chi connectivity index (χ4v) is 6.53. The molecule has 214 valence electrons. The third-order valence-corrected chi connectivity index (χ3v) is 8.75. The first-order valence-electron chi connectivity index (χ1n) is 12.8. The van der Waals surface area contributed by atoms with Gasteiger partial charge in [-0.25, -0.2) is 13.2 Å². The van der Waals surface area contributed by atoms with E-state index in [-0.39, 0.29) is 42.9 Å². The molecule has 2 atom stereocenters. The van der Waals surface area contributed by atoms with Crippen molar-refractivity contribution in [1.29, 1.82) is 0 Å². The predicted molar refractivity (Wildman–Crippen MR) is 153 cm³/mol. The van der Waals surface area contributed by atoms with Crippen LogP contribution in [0, 0.1) is 5.92 Å². The molecule has 0 saturated heterocycles. The summed E-state index contributed by atoms with van der Waals surface area (Å²) in [4.78, 5) is 21.3. The van der Waals surface area contributed by atoms with Gasteiger partial charge in [0.15, 0.2) is 5.58 Å². The molecule has 2 unspecified atom stereocenters. The van der Waals surface area contributed by atoms with Gasteiger partial charge in [-0.2, -0.15) is 9.29 Å². The lowest BCUT2D eigenvalue weighted by molar-refractivity contribution is 0.0786. The molecule has 4 aromatic rings. The summed E-state index contributed by atoms with van der Waals surface area (Å²) in [5.74, 6) is -0.0533. The highest BCUT2D eigenvalue weighted by Crippen LogP contribution is 2.28. The topological polar surface area (TPSA) is 147 Å². The lowest BCUT2D eigenvalue weighted by Crippen LogP contribution is -2.52. The lowest BCUT2D eigenvalue weighted by Gasteiger charge is -2.35. The van der Waals surface area contributed by atoms with Crippen molar-refractivity contribution < 1.29 is 27.5 Å². The summed E-state index contributed by atoms with van der Waals surface area (Å²) in [6.07, 6.45) is -0.137. The third kappa shape index (κ3) is 7.36. The SMILES string of the molecule is CNc1nc2ccc(S(=O)(=O)N(CC(C)C)C(Cc3ccccc3)C(O)CNC(=O)OCc3cncs3)cc2o1. The number of aromatic nitrogens is 2. The van der Waals surface area contributed by atoms with E-state index in [4.69, 9.17) is 9.15 Å². The van der Waals surface area contributed by atoms with E-state index in [2.05, 4.69) is 20.6 Å². The van der Waals surface area contributed by atoms with Gasteiger partial charge in [0.2, 0.25) is 10.0 Å². The number of sulfonamides is 1. The minimum atomic E-state index is -4.11. The molecular formula is C27H33N5O6S2. The van der Waals surface area contributed by atoms with Crippen LogP contribution in [0.5, 0.6) is 0 Å². The zero-order chi connectivity index (χ0) is 28.7. The zero-order valence-corrected chi connectivity index (χ0v) is 24.1. The molecule has 1 amide bonds. The Hall–Kier alpha value is -3.52. The number of carbonyl (C=O) groups is 1. The second kappa shape index (κ2) is 13.2. The van der Waals surface area contributed by atoms with Crippen LogP contribution in [0.25, 0.3) is 11.1 Å². The van der Waals surface area contributed by atoms with Crippen LogP contribution >= 0.6 is 11.3 Å². The van der Waals surface area contributed by atoms with Crippen molar-refractivity contribution in [2.75, 3.05) is 25.5 Å². The number of ether oxygens (including phenoxy) is 1. The van der Waals surface area contributed by atoms with Crippen molar-refractivity contribution in [3.05, 3.63) is 70.7 Å². The maximum Gasteiger partial charge on any atom is 0.407 e. The van der Waals surface area contributed by atoms with Crippen molar-refractivity contribution >= 4 is 44.6 Å². The second-order valence-electron chi connectivity index (χ2n) is 9.62. The molecule has 13 heteroatoms. The highest BCUT2D eigenvalue weighted by atomic mass is 32.2. The molecule has 0 aliphatic heterocycles. The molecule has 40 heavy (non-hydrogen) atoms. The number of anilines is 1. The number of hydrogen-bond acceptors (Lipinski definition) is 10. The number of thiazole rings is 1. The minimum absolute atomic E-state index is 0.0154. The average molecular weight is 588 g/mol. The van der Waals surface area contributed by atoms with Gasteiger partial charge in [0, 0.05) is 32.4 Å². The molecular weight excluding hydrogens is 554 g/mol. The maximum absolute atomic E-state index is 14.1. The van der Waals surface area contributed by atoms with Gasteiger partial charge < -0.3 is 24.9 Å².